The molecule has 0 saturated carbocycles. The van der Waals surface area contributed by atoms with Gasteiger partial charge in [0.2, 0.25) is 0 Å². The van der Waals surface area contributed by atoms with Crippen molar-refractivity contribution in [3.05, 3.63) is 62.6 Å². The fourth-order valence-electron chi connectivity index (χ4n) is 3.48. The number of nitro groups is 1. The van der Waals surface area contributed by atoms with Crippen LogP contribution in [-0.4, -0.2) is 46.4 Å². The second-order valence-corrected chi connectivity index (χ2v) is 8.07. The Morgan fingerprint density at radius 1 is 0.974 bits per heavy atom. The molecule has 3 amide bonds. The maximum atomic E-state index is 13.6. The molecule has 11 nitrogen and oxygen atoms in total. The first-order valence-corrected chi connectivity index (χ1v) is 10.7. The predicted molar refractivity (Wildman–Crippen MR) is 115 cm³/mol. The first-order valence-electron chi connectivity index (χ1n) is 10.7. The van der Waals surface area contributed by atoms with E-state index in [1.807, 2.05) is 10.9 Å². The van der Waals surface area contributed by atoms with Gasteiger partial charge in [-0.2, -0.15) is 35.8 Å². The number of hydrogen-bond acceptors (Lipinski definition) is 7. The summed E-state index contributed by atoms with van der Waals surface area (Å²) < 4.78 is 95.7. The molecule has 3 rings (SSSR count). The third kappa shape index (κ3) is 5.53. The smallest absolute Gasteiger partial charge is 0.455 e. The number of nitrogens with zero attached hydrogens (tertiary/aromatic N) is 2. The van der Waals surface area contributed by atoms with Crippen LogP contribution in [0.5, 0.6) is 0 Å². The number of benzene rings is 1. The second kappa shape index (κ2) is 10.3. The van der Waals surface area contributed by atoms with Gasteiger partial charge in [0.25, 0.3) is 11.6 Å². The summed E-state index contributed by atoms with van der Waals surface area (Å²) >= 11 is 0. The van der Waals surface area contributed by atoms with Crippen LogP contribution in [-0.2, 0) is 11.2 Å². The zero-order valence-electron chi connectivity index (χ0n) is 19.4. The molecule has 39 heavy (non-hydrogen) atoms. The van der Waals surface area contributed by atoms with Gasteiger partial charge in [-0.05, 0) is 31.9 Å². The zero-order valence-corrected chi connectivity index (χ0v) is 19.4. The molecule has 0 unspecified atom stereocenters. The van der Waals surface area contributed by atoms with Gasteiger partial charge >= 0.3 is 29.8 Å². The molecule has 1 aliphatic rings. The van der Waals surface area contributed by atoms with E-state index >= 15 is 0 Å². The van der Waals surface area contributed by atoms with Crippen LogP contribution in [0.4, 0.5) is 36.4 Å². The van der Waals surface area contributed by atoms with E-state index in [-0.39, 0.29) is 58.9 Å². The molecule has 1 aromatic carbocycles. The van der Waals surface area contributed by atoms with Crippen LogP contribution in [0.25, 0.3) is 0 Å². The number of nitro benzene ring substituents is 1. The number of nitrogens with one attached hydrogen (secondary N) is 3. The van der Waals surface area contributed by atoms with Crippen LogP contribution >= 0.6 is 0 Å². The van der Waals surface area contributed by atoms with Crippen molar-refractivity contribution in [2.24, 2.45) is 5.10 Å². The number of carbonyl (C=O) groups excluding carboxylic acids is 3. The van der Waals surface area contributed by atoms with E-state index in [2.05, 4.69) is 5.10 Å². The van der Waals surface area contributed by atoms with Crippen molar-refractivity contribution in [2.45, 2.75) is 44.2 Å². The Morgan fingerprint density at radius 2 is 1.56 bits per heavy atom. The summed E-state index contributed by atoms with van der Waals surface area (Å²) in [5.41, 5.74) is 4.61. The predicted octanol–water partition coefficient (Wildman–Crippen LogP) is 3.56. The van der Waals surface area contributed by atoms with Crippen LogP contribution < -0.4 is 16.3 Å². The fraction of sp³-hybridized carbons (Fsp3) is 0.333. The quantitative estimate of drug-likeness (QED) is 0.275. The van der Waals surface area contributed by atoms with Crippen LogP contribution in [0.15, 0.2) is 33.8 Å². The number of rotatable bonds is 6. The number of non-ortho nitro benzene ring substituents is 1. The number of fused-ring (bicyclic) bond motifs is 1. The highest BCUT2D eigenvalue weighted by molar-refractivity contribution is 6.07. The highest BCUT2D eigenvalue weighted by Gasteiger charge is 2.76. The van der Waals surface area contributed by atoms with E-state index in [1.54, 1.807) is 0 Å². The van der Waals surface area contributed by atoms with Crippen molar-refractivity contribution in [3.8, 4) is 0 Å². The minimum Gasteiger partial charge on any atom is -0.455 e. The number of furan rings is 1. The average molecular weight is 567 g/mol. The van der Waals surface area contributed by atoms with Gasteiger partial charge in [-0.15, -0.1) is 0 Å². The maximum absolute atomic E-state index is 13.6. The number of aryl methyl sites for hydroxylation is 1. The van der Waals surface area contributed by atoms with Crippen LogP contribution in [0, 0.1) is 17.0 Å². The molecule has 0 spiro atoms. The van der Waals surface area contributed by atoms with Gasteiger partial charge in [-0.25, -0.2) is 5.43 Å². The molecule has 1 heterocycles. The number of hydrazine groups is 1. The Hall–Kier alpha value is -4.51. The summed E-state index contributed by atoms with van der Waals surface area (Å²) in [6.07, 6.45) is -6.35. The number of hydrogen-bond donors (Lipinski definition) is 3. The molecule has 18 heteroatoms. The minimum absolute atomic E-state index is 0.0271. The summed E-state index contributed by atoms with van der Waals surface area (Å²) in [5, 5.41) is 14.0. The van der Waals surface area contributed by atoms with E-state index in [9.17, 15) is 55.2 Å². The molecular formula is C21H16F7N5O6. The summed E-state index contributed by atoms with van der Waals surface area (Å²) in [6.45, 7) is 1.31. The van der Waals surface area contributed by atoms with Gasteiger partial charge in [0.05, 0.1) is 10.6 Å². The molecule has 0 saturated heterocycles. The lowest BCUT2D eigenvalue weighted by molar-refractivity contribution is -0.384. The number of alkyl halides is 7. The van der Waals surface area contributed by atoms with E-state index in [0.29, 0.717) is 0 Å². The summed E-state index contributed by atoms with van der Waals surface area (Å²) in [4.78, 5) is 46.3. The summed E-state index contributed by atoms with van der Waals surface area (Å²) in [7, 11) is 0. The maximum Gasteiger partial charge on any atom is 0.460 e. The van der Waals surface area contributed by atoms with E-state index < -0.39 is 40.7 Å². The van der Waals surface area contributed by atoms with Gasteiger partial charge in [-0.3, -0.25) is 35.3 Å². The zero-order chi connectivity index (χ0) is 29.3. The van der Waals surface area contributed by atoms with Crippen LogP contribution in [0.3, 0.4) is 0 Å². The van der Waals surface area contributed by atoms with Crippen molar-refractivity contribution >= 4 is 29.1 Å². The third-order valence-electron chi connectivity index (χ3n) is 5.49. The third-order valence-corrected chi connectivity index (χ3v) is 5.49. The van der Waals surface area contributed by atoms with E-state index in [4.69, 9.17) is 4.42 Å². The Morgan fingerprint density at radius 3 is 2.13 bits per heavy atom. The van der Waals surface area contributed by atoms with Gasteiger partial charge in [0.1, 0.15) is 5.76 Å². The number of amides is 3. The van der Waals surface area contributed by atoms with Gasteiger partial charge < -0.3 is 4.42 Å². The monoisotopic (exact) mass is 567 g/mol. The van der Waals surface area contributed by atoms with Crippen molar-refractivity contribution < 1.29 is 54.5 Å². The summed E-state index contributed by atoms with van der Waals surface area (Å²) in [5.74, 6) is -18.0. The standard InChI is InChI=1S/C21H16F7N5O6/c1-9-14-12(29-32-18(36)19(22,23)20(24,25)21(26,27)28)3-2-4-13(14)39-15(9)17(35)31-30-16(34)10-5-7-11(8-6-10)33(37)38/h5-8H,2-4H2,1H3,(H,30,34)(H,31,35)(H,32,36)/b29-12+. The van der Waals surface area contributed by atoms with Crippen molar-refractivity contribution in [3.63, 3.8) is 0 Å². The van der Waals surface area contributed by atoms with Crippen molar-refractivity contribution in [1.29, 1.82) is 0 Å². The number of carbonyl (C=O) groups is 3. The molecule has 0 bridgehead atoms. The largest absolute Gasteiger partial charge is 0.460 e. The van der Waals surface area contributed by atoms with E-state index in [1.165, 1.54) is 6.92 Å². The number of hydrazone groups is 1. The number of halogens is 7. The topological polar surface area (TPSA) is 156 Å². The lowest BCUT2D eigenvalue weighted by atomic mass is 9.93. The van der Waals surface area contributed by atoms with Crippen molar-refractivity contribution in [1.82, 2.24) is 16.3 Å². The lowest BCUT2D eigenvalue weighted by Gasteiger charge is -2.26. The van der Waals surface area contributed by atoms with Crippen molar-refractivity contribution in [2.75, 3.05) is 0 Å². The van der Waals surface area contributed by atoms with Crippen LogP contribution in [0.2, 0.25) is 0 Å². The van der Waals surface area contributed by atoms with Gasteiger partial charge in [0.15, 0.2) is 5.76 Å². The molecule has 1 aromatic heterocycles. The highest BCUT2D eigenvalue weighted by Crippen LogP contribution is 2.46. The normalized spacial score (nSPS) is 14.9. The molecule has 0 atom stereocenters. The van der Waals surface area contributed by atoms with Gasteiger partial charge in [0, 0.05) is 35.2 Å². The molecule has 0 fully saturated rings. The molecule has 0 radical (unpaired) electrons. The Kier molecular flexibility index (Phi) is 7.70. The molecular weight excluding hydrogens is 551 g/mol. The molecule has 210 valence electrons. The SMILES string of the molecule is Cc1c(C(=O)NNC(=O)c2ccc([N+](=O)[O-])cc2)oc2c1/C(=N/NC(=O)C(F)(F)C(F)(F)C(F)(F)F)CCC2. The Labute approximate surface area is 212 Å². The first-order chi connectivity index (χ1) is 18.0. The molecule has 0 aliphatic heterocycles. The Balaban J connectivity index is 1.75. The van der Waals surface area contributed by atoms with E-state index in [0.717, 1.165) is 29.7 Å². The lowest BCUT2D eigenvalue weighted by Crippen LogP contribution is -2.58. The second-order valence-electron chi connectivity index (χ2n) is 8.07. The average Bonchev–Trinajstić information content (AvgIpc) is 3.21. The molecule has 2 aromatic rings. The van der Waals surface area contributed by atoms with Crippen LogP contribution in [0.1, 0.15) is 50.6 Å². The molecule has 1 aliphatic carbocycles. The van der Waals surface area contributed by atoms with Gasteiger partial charge in [-0.1, -0.05) is 0 Å². The first kappa shape index (κ1) is 29.1. The summed E-state index contributed by atoms with van der Waals surface area (Å²) in [6, 6.07) is 4.37. The minimum atomic E-state index is -6.71. The highest BCUT2D eigenvalue weighted by atomic mass is 19.4. The molecule has 3 N–H and O–H groups in total. The Bertz CT molecular complexity index is 1350. The fourth-order valence-corrected chi connectivity index (χ4v) is 3.48.